The van der Waals surface area contributed by atoms with E-state index in [-0.39, 0.29) is 11.6 Å². The number of carbonyl (C=O) groups excluding carboxylic acids is 1. The van der Waals surface area contributed by atoms with Gasteiger partial charge in [-0.25, -0.2) is 9.37 Å². The maximum atomic E-state index is 13.4. The second-order valence-electron chi connectivity index (χ2n) is 5.12. The van der Waals surface area contributed by atoms with Gasteiger partial charge in [-0.15, -0.1) is 0 Å². The van der Waals surface area contributed by atoms with Gasteiger partial charge in [0.1, 0.15) is 0 Å². The lowest BCUT2D eigenvalue weighted by Crippen LogP contribution is -2.44. The number of nitrogens with zero attached hydrogens (tertiary/aromatic N) is 2. The van der Waals surface area contributed by atoms with E-state index in [0.717, 1.165) is 19.3 Å². The first-order valence-electron chi connectivity index (χ1n) is 6.92. The molecule has 2 heterocycles. The fraction of sp³-hybridized carbons (Fsp3) is 0.571. The van der Waals surface area contributed by atoms with Crippen LogP contribution in [0.25, 0.3) is 0 Å². The van der Waals surface area contributed by atoms with Crippen LogP contribution in [0.1, 0.15) is 36.5 Å². The number of halogens is 2. The minimum Gasteiger partial charge on any atom is -0.350 e. The summed E-state index contributed by atoms with van der Waals surface area (Å²) in [6.07, 6.45) is 4.67. The van der Waals surface area contributed by atoms with E-state index in [1.54, 1.807) is 0 Å². The SMILES string of the molecule is CC(CNC(=O)c1ccnc(F)c1F)N1CCCCC1. The van der Waals surface area contributed by atoms with Gasteiger partial charge in [-0.1, -0.05) is 6.42 Å². The number of rotatable bonds is 4. The molecule has 2 rings (SSSR count). The van der Waals surface area contributed by atoms with Crippen molar-refractivity contribution in [1.82, 2.24) is 15.2 Å². The third-order valence-electron chi connectivity index (χ3n) is 3.66. The first-order chi connectivity index (χ1) is 9.59. The second-order valence-corrected chi connectivity index (χ2v) is 5.12. The predicted molar refractivity (Wildman–Crippen MR) is 71.4 cm³/mol. The Morgan fingerprint density at radius 2 is 2.10 bits per heavy atom. The molecular weight excluding hydrogens is 264 g/mol. The number of aromatic nitrogens is 1. The van der Waals surface area contributed by atoms with Gasteiger partial charge >= 0.3 is 0 Å². The zero-order chi connectivity index (χ0) is 14.5. The molecule has 0 aliphatic carbocycles. The van der Waals surface area contributed by atoms with Crippen LogP contribution in [-0.2, 0) is 0 Å². The van der Waals surface area contributed by atoms with Gasteiger partial charge in [0.2, 0.25) is 5.95 Å². The van der Waals surface area contributed by atoms with Crippen LogP contribution in [0.15, 0.2) is 12.3 Å². The number of pyridine rings is 1. The Labute approximate surface area is 117 Å². The zero-order valence-corrected chi connectivity index (χ0v) is 11.5. The lowest BCUT2D eigenvalue weighted by Gasteiger charge is -2.32. The molecular formula is C14H19F2N3O. The van der Waals surface area contributed by atoms with Gasteiger partial charge in [0.05, 0.1) is 5.56 Å². The molecule has 1 unspecified atom stereocenters. The van der Waals surface area contributed by atoms with E-state index in [2.05, 4.69) is 15.2 Å². The molecule has 6 heteroatoms. The number of piperidine rings is 1. The molecule has 0 saturated carbocycles. The molecule has 1 saturated heterocycles. The molecule has 0 aromatic carbocycles. The highest BCUT2D eigenvalue weighted by Crippen LogP contribution is 2.12. The smallest absolute Gasteiger partial charge is 0.254 e. The molecule has 1 N–H and O–H groups in total. The summed E-state index contributed by atoms with van der Waals surface area (Å²) in [5.41, 5.74) is -0.302. The third kappa shape index (κ3) is 3.50. The van der Waals surface area contributed by atoms with Crippen LogP contribution >= 0.6 is 0 Å². The molecule has 1 atom stereocenters. The number of carbonyl (C=O) groups is 1. The van der Waals surface area contributed by atoms with Crippen molar-refractivity contribution in [2.75, 3.05) is 19.6 Å². The van der Waals surface area contributed by atoms with E-state index in [9.17, 15) is 13.6 Å². The van der Waals surface area contributed by atoms with Gasteiger partial charge in [0, 0.05) is 18.8 Å². The van der Waals surface area contributed by atoms with Crippen LogP contribution in [0.4, 0.5) is 8.78 Å². The summed E-state index contributed by atoms with van der Waals surface area (Å²) < 4.78 is 26.4. The van der Waals surface area contributed by atoms with Crippen molar-refractivity contribution >= 4 is 5.91 Å². The first kappa shape index (κ1) is 14.8. The van der Waals surface area contributed by atoms with Gasteiger partial charge in [-0.05, 0) is 38.9 Å². The van der Waals surface area contributed by atoms with E-state index in [1.165, 1.54) is 25.3 Å². The van der Waals surface area contributed by atoms with Crippen molar-refractivity contribution in [2.24, 2.45) is 0 Å². The summed E-state index contributed by atoms with van der Waals surface area (Å²) in [5, 5.41) is 2.65. The van der Waals surface area contributed by atoms with E-state index >= 15 is 0 Å². The Hall–Kier alpha value is -1.56. The molecule has 1 aromatic rings. The molecule has 1 aliphatic heterocycles. The molecule has 1 aliphatic rings. The lowest BCUT2D eigenvalue weighted by molar-refractivity contribution is 0.0924. The van der Waals surface area contributed by atoms with Crippen LogP contribution in [-0.4, -0.2) is 41.5 Å². The largest absolute Gasteiger partial charge is 0.350 e. The Balaban J connectivity index is 1.89. The van der Waals surface area contributed by atoms with Crippen LogP contribution in [0.5, 0.6) is 0 Å². The Kier molecular flexibility index (Phi) is 5.00. The molecule has 0 bridgehead atoms. The minimum absolute atomic E-state index is 0.189. The first-order valence-corrected chi connectivity index (χ1v) is 6.92. The maximum absolute atomic E-state index is 13.4. The van der Waals surface area contributed by atoms with Crippen LogP contribution in [0, 0.1) is 11.8 Å². The highest BCUT2D eigenvalue weighted by molar-refractivity contribution is 5.94. The summed E-state index contributed by atoms with van der Waals surface area (Å²) in [4.78, 5) is 17.3. The van der Waals surface area contributed by atoms with Gasteiger partial charge in [0.25, 0.3) is 5.91 Å². The summed E-state index contributed by atoms with van der Waals surface area (Å²) in [6, 6.07) is 1.37. The molecule has 4 nitrogen and oxygen atoms in total. The van der Waals surface area contributed by atoms with Crippen molar-refractivity contribution in [3.05, 3.63) is 29.6 Å². The Morgan fingerprint density at radius 3 is 2.80 bits per heavy atom. The van der Waals surface area contributed by atoms with Gasteiger partial charge in [-0.2, -0.15) is 4.39 Å². The molecule has 110 valence electrons. The Morgan fingerprint density at radius 1 is 1.40 bits per heavy atom. The number of hydrogen-bond donors (Lipinski definition) is 1. The van der Waals surface area contributed by atoms with Crippen LogP contribution in [0.3, 0.4) is 0 Å². The van der Waals surface area contributed by atoms with Crippen molar-refractivity contribution in [3.8, 4) is 0 Å². The quantitative estimate of drug-likeness (QED) is 0.859. The van der Waals surface area contributed by atoms with Crippen molar-refractivity contribution in [1.29, 1.82) is 0 Å². The Bertz CT molecular complexity index is 475. The zero-order valence-electron chi connectivity index (χ0n) is 11.5. The second kappa shape index (κ2) is 6.74. The standard InChI is InChI=1S/C14H19F2N3O/c1-10(19-7-3-2-4-8-19)9-18-14(20)11-5-6-17-13(16)12(11)15/h5-6,10H,2-4,7-9H2,1H3,(H,18,20). The predicted octanol–water partition coefficient (Wildman–Crippen LogP) is 1.96. The fourth-order valence-corrected chi connectivity index (χ4v) is 2.42. The summed E-state index contributed by atoms with van der Waals surface area (Å²) >= 11 is 0. The average molecular weight is 283 g/mol. The van der Waals surface area contributed by atoms with Crippen molar-refractivity contribution in [2.45, 2.75) is 32.2 Å². The van der Waals surface area contributed by atoms with Crippen molar-refractivity contribution in [3.63, 3.8) is 0 Å². The summed E-state index contributed by atoms with van der Waals surface area (Å²) in [5.74, 6) is -3.05. The number of nitrogens with one attached hydrogen (secondary N) is 1. The topological polar surface area (TPSA) is 45.2 Å². The number of likely N-dealkylation sites (tertiary alicyclic amines) is 1. The van der Waals surface area contributed by atoms with Gasteiger partial charge < -0.3 is 5.32 Å². The molecule has 1 fully saturated rings. The molecule has 0 spiro atoms. The summed E-state index contributed by atoms with van der Waals surface area (Å²) in [6.45, 7) is 4.49. The van der Waals surface area contributed by atoms with Gasteiger partial charge in [0.15, 0.2) is 5.82 Å². The minimum atomic E-state index is -1.25. The lowest BCUT2D eigenvalue weighted by atomic mass is 10.1. The van der Waals surface area contributed by atoms with E-state index < -0.39 is 17.7 Å². The normalized spacial score (nSPS) is 17.8. The highest BCUT2D eigenvalue weighted by Gasteiger charge is 2.19. The van der Waals surface area contributed by atoms with E-state index in [1.807, 2.05) is 6.92 Å². The van der Waals surface area contributed by atoms with E-state index in [0.29, 0.717) is 6.54 Å². The van der Waals surface area contributed by atoms with E-state index in [4.69, 9.17) is 0 Å². The monoisotopic (exact) mass is 283 g/mol. The molecule has 20 heavy (non-hydrogen) atoms. The fourth-order valence-electron chi connectivity index (χ4n) is 2.42. The summed E-state index contributed by atoms with van der Waals surface area (Å²) in [7, 11) is 0. The molecule has 1 aromatic heterocycles. The average Bonchev–Trinajstić information content (AvgIpc) is 2.48. The van der Waals surface area contributed by atoms with Crippen LogP contribution in [0.2, 0.25) is 0 Å². The molecule has 0 radical (unpaired) electrons. The van der Waals surface area contributed by atoms with Crippen molar-refractivity contribution < 1.29 is 13.6 Å². The number of amides is 1. The van der Waals surface area contributed by atoms with Crippen LogP contribution < -0.4 is 5.32 Å². The highest BCUT2D eigenvalue weighted by atomic mass is 19.2. The number of hydrogen-bond acceptors (Lipinski definition) is 3. The molecule has 1 amide bonds. The maximum Gasteiger partial charge on any atom is 0.254 e. The third-order valence-corrected chi connectivity index (χ3v) is 3.66. The van der Waals surface area contributed by atoms with Gasteiger partial charge in [-0.3, -0.25) is 9.69 Å².